The van der Waals surface area contributed by atoms with Crippen molar-refractivity contribution in [3.63, 3.8) is 0 Å². The molecule has 1 aromatic heterocycles. The van der Waals surface area contributed by atoms with E-state index >= 15 is 0 Å². The fourth-order valence-corrected chi connectivity index (χ4v) is 2.17. The Balaban J connectivity index is 1.91. The predicted octanol–water partition coefficient (Wildman–Crippen LogP) is 2.26. The van der Waals surface area contributed by atoms with Gasteiger partial charge in [0.05, 0.1) is 0 Å². The summed E-state index contributed by atoms with van der Waals surface area (Å²) in [4.78, 5) is 11.9. The zero-order valence-corrected chi connectivity index (χ0v) is 11.4. The largest absolute Gasteiger partial charge is 0.399 e. The van der Waals surface area contributed by atoms with Gasteiger partial charge in [0.15, 0.2) is 0 Å². The van der Waals surface area contributed by atoms with Gasteiger partial charge in [-0.1, -0.05) is 15.9 Å². The SMILES string of the molecule is Nc1cc(Br)cc(C(=O)NCCn2cccc2)c1. The molecule has 2 rings (SSSR count). The van der Waals surface area contributed by atoms with E-state index in [9.17, 15) is 4.79 Å². The van der Waals surface area contributed by atoms with Gasteiger partial charge in [-0.05, 0) is 30.3 Å². The van der Waals surface area contributed by atoms with Crippen LogP contribution in [0.1, 0.15) is 10.4 Å². The summed E-state index contributed by atoms with van der Waals surface area (Å²) in [6, 6.07) is 9.08. The number of carbonyl (C=O) groups is 1. The molecule has 0 unspecified atom stereocenters. The van der Waals surface area contributed by atoms with Crippen molar-refractivity contribution in [3.8, 4) is 0 Å². The van der Waals surface area contributed by atoms with E-state index in [-0.39, 0.29) is 5.91 Å². The Labute approximate surface area is 114 Å². The number of nitrogens with two attached hydrogens (primary N) is 1. The summed E-state index contributed by atoms with van der Waals surface area (Å²) in [7, 11) is 0. The summed E-state index contributed by atoms with van der Waals surface area (Å²) in [5, 5.41) is 2.86. The van der Waals surface area contributed by atoms with Gasteiger partial charge in [0, 0.05) is 41.2 Å². The average Bonchev–Trinajstić information content (AvgIpc) is 2.80. The number of nitrogens with one attached hydrogen (secondary N) is 1. The molecule has 3 N–H and O–H groups in total. The third-order valence-corrected chi connectivity index (χ3v) is 2.96. The van der Waals surface area contributed by atoms with Crippen LogP contribution in [0.2, 0.25) is 0 Å². The third kappa shape index (κ3) is 3.37. The Hall–Kier alpha value is -1.75. The Kier molecular flexibility index (Phi) is 4.04. The molecule has 1 heterocycles. The zero-order valence-electron chi connectivity index (χ0n) is 9.77. The van der Waals surface area contributed by atoms with Crippen LogP contribution in [0.4, 0.5) is 5.69 Å². The topological polar surface area (TPSA) is 60.1 Å². The molecule has 94 valence electrons. The number of benzene rings is 1. The van der Waals surface area contributed by atoms with Crippen LogP contribution < -0.4 is 11.1 Å². The lowest BCUT2D eigenvalue weighted by Crippen LogP contribution is -2.27. The molecule has 4 nitrogen and oxygen atoms in total. The minimum Gasteiger partial charge on any atom is -0.399 e. The maximum absolute atomic E-state index is 11.9. The molecule has 5 heteroatoms. The second kappa shape index (κ2) is 5.73. The maximum Gasteiger partial charge on any atom is 0.251 e. The first-order valence-electron chi connectivity index (χ1n) is 5.60. The summed E-state index contributed by atoms with van der Waals surface area (Å²) >= 11 is 3.32. The van der Waals surface area contributed by atoms with E-state index in [1.807, 2.05) is 29.1 Å². The molecule has 0 fully saturated rings. The van der Waals surface area contributed by atoms with Crippen molar-refractivity contribution in [2.75, 3.05) is 12.3 Å². The highest BCUT2D eigenvalue weighted by Crippen LogP contribution is 2.17. The summed E-state index contributed by atoms with van der Waals surface area (Å²) in [6.45, 7) is 1.34. The highest BCUT2D eigenvalue weighted by Gasteiger charge is 2.06. The van der Waals surface area contributed by atoms with E-state index in [0.717, 1.165) is 11.0 Å². The summed E-state index contributed by atoms with van der Waals surface area (Å²) < 4.78 is 2.81. The molecular formula is C13H14BrN3O. The molecule has 0 aliphatic carbocycles. The second-order valence-electron chi connectivity index (χ2n) is 3.95. The van der Waals surface area contributed by atoms with Crippen molar-refractivity contribution < 1.29 is 4.79 Å². The number of rotatable bonds is 4. The van der Waals surface area contributed by atoms with Gasteiger partial charge in [0.2, 0.25) is 0 Å². The molecule has 0 saturated carbocycles. The number of nitrogen functional groups attached to an aromatic ring is 1. The number of amides is 1. The summed E-state index contributed by atoms with van der Waals surface area (Å²) in [6.07, 6.45) is 3.92. The van der Waals surface area contributed by atoms with Crippen molar-refractivity contribution in [1.29, 1.82) is 0 Å². The Morgan fingerprint density at radius 3 is 2.67 bits per heavy atom. The van der Waals surface area contributed by atoms with Crippen molar-refractivity contribution in [2.45, 2.75) is 6.54 Å². The van der Waals surface area contributed by atoms with Crippen LogP contribution in [-0.2, 0) is 6.54 Å². The number of hydrogen-bond acceptors (Lipinski definition) is 2. The lowest BCUT2D eigenvalue weighted by Gasteiger charge is -2.07. The molecule has 0 saturated heterocycles. The number of hydrogen-bond donors (Lipinski definition) is 2. The highest BCUT2D eigenvalue weighted by molar-refractivity contribution is 9.10. The molecular weight excluding hydrogens is 294 g/mol. The standard InChI is InChI=1S/C13H14BrN3O/c14-11-7-10(8-12(15)9-11)13(18)16-3-6-17-4-1-2-5-17/h1-2,4-5,7-9H,3,6,15H2,(H,16,18). The normalized spacial score (nSPS) is 10.3. The highest BCUT2D eigenvalue weighted by atomic mass is 79.9. The van der Waals surface area contributed by atoms with Crippen LogP contribution in [0.25, 0.3) is 0 Å². The molecule has 0 bridgehead atoms. The lowest BCUT2D eigenvalue weighted by molar-refractivity contribution is 0.0952. The van der Waals surface area contributed by atoms with Gasteiger partial charge in [-0.25, -0.2) is 0 Å². The summed E-state index contributed by atoms with van der Waals surface area (Å²) in [5.74, 6) is -0.116. The van der Waals surface area contributed by atoms with Crippen LogP contribution in [0.3, 0.4) is 0 Å². The van der Waals surface area contributed by atoms with E-state index in [1.165, 1.54) is 0 Å². The fourth-order valence-electron chi connectivity index (χ4n) is 1.66. The van der Waals surface area contributed by atoms with E-state index in [2.05, 4.69) is 21.2 Å². The molecule has 1 aromatic carbocycles. The van der Waals surface area contributed by atoms with Gasteiger partial charge < -0.3 is 15.6 Å². The van der Waals surface area contributed by atoms with E-state index in [0.29, 0.717) is 17.8 Å². The molecule has 0 aliphatic heterocycles. The van der Waals surface area contributed by atoms with Gasteiger partial charge >= 0.3 is 0 Å². The van der Waals surface area contributed by atoms with Crippen molar-refractivity contribution in [3.05, 3.63) is 52.8 Å². The number of halogens is 1. The van der Waals surface area contributed by atoms with Crippen molar-refractivity contribution in [2.24, 2.45) is 0 Å². The number of carbonyl (C=O) groups excluding carboxylic acids is 1. The second-order valence-corrected chi connectivity index (χ2v) is 4.87. The Morgan fingerprint density at radius 1 is 1.28 bits per heavy atom. The average molecular weight is 308 g/mol. The van der Waals surface area contributed by atoms with Crippen LogP contribution in [0.15, 0.2) is 47.2 Å². The van der Waals surface area contributed by atoms with Crippen LogP contribution in [-0.4, -0.2) is 17.0 Å². The fraction of sp³-hybridized carbons (Fsp3) is 0.154. The smallest absolute Gasteiger partial charge is 0.251 e. The van der Waals surface area contributed by atoms with E-state index in [4.69, 9.17) is 5.73 Å². The van der Waals surface area contributed by atoms with Gasteiger partial charge in [-0.3, -0.25) is 4.79 Å². The molecule has 2 aromatic rings. The predicted molar refractivity (Wildman–Crippen MR) is 75.3 cm³/mol. The first-order chi connectivity index (χ1) is 8.65. The zero-order chi connectivity index (χ0) is 13.0. The minimum absolute atomic E-state index is 0.116. The molecule has 0 atom stereocenters. The molecule has 0 spiro atoms. The quantitative estimate of drug-likeness (QED) is 0.851. The summed E-state index contributed by atoms with van der Waals surface area (Å²) in [5.41, 5.74) is 6.82. The van der Waals surface area contributed by atoms with Crippen LogP contribution in [0, 0.1) is 0 Å². The molecule has 1 amide bonds. The Morgan fingerprint density at radius 2 is 2.00 bits per heavy atom. The monoisotopic (exact) mass is 307 g/mol. The first-order valence-corrected chi connectivity index (χ1v) is 6.39. The van der Waals surface area contributed by atoms with Crippen LogP contribution in [0.5, 0.6) is 0 Å². The minimum atomic E-state index is -0.116. The van der Waals surface area contributed by atoms with Crippen molar-refractivity contribution in [1.82, 2.24) is 9.88 Å². The maximum atomic E-state index is 11.9. The van der Waals surface area contributed by atoms with Gasteiger partial charge in [-0.2, -0.15) is 0 Å². The first kappa shape index (κ1) is 12.7. The van der Waals surface area contributed by atoms with Gasteiger partial charge in [0.25, 0.3) is 5.91 Å². The molecule has 0 radical (unpaired) electrons. The van der Waals surface area contributed by atoms with Crippen molar-refractivity contribution >= 4 is 27.5 Å². The molecule has 0 aliphatic rings. The van der Waals surface area contributed by atoms with Gasteiger partial charge in [-0.15, -0.1) is 0 Å². The lowest BCUT2D eigenvalue weighted by atomic mass is 10.2. The number of anilines is 1. The third-order valence-electron chi connectivity index (χ3n) is 2.50. The van der Waals surface area contributed by atoms with E-state index < -0.39 is 0 Å². The van der Waals surface area contributed by atoms with Crippen LogP contribution >= 0.6 is 15.9 Å². The Bertz CT molecular complexity index is 517. The molecule has 18 heavy (non-hydrogen) atoms. The van der Waals surface area contributed by atoms with Gasteiger partial charge in [0.1, 0.15) is 0 Å². The number of aromatic nitrogens is 1. The van der Waals surface area contributed by atoms with E-state index in [1.54, 1.807) is 18.2 Å². The number of nitrogens with zero attached hydrogens (tertiary/aromatic N) is 1.